The smallest absolute Gasteiger partial charge is 0.278 e. The zero-order valence-corrected chi connectivity index (χ0v) is 31.3. The van der Waals surface area contributed by atoms with Crippen molar-refractivity contribution in [1.29, 1.82) is 0 Å². The van der Waals surface area contributed by atoms with Crippen molar-refractivity contribution >= 4 is 35.6 Å². The third kappa shape index (κ3) is 9.06. The first-order valence-electron chi connectivity index (χ1n) is 18.4. The van der Waals surface area contributed by atoms with Crippen molar-refractivity contribution in [2.45, 2.75) is 39.5 Å². The molecule has 0 bridgehead atoms. The van der Waals surface area contributed by atoms with Gasteiger partial charge in [-0.15, -0.1) is 0 Å². The van der Waals surface area contributed by atoms with Crippen molar-refractivity contribution in [1.82, 2.24) is 9.80 Å². The fourth-order valence-electron chi connectivity index (χ4n) is 5.94. The topological polar surface area (TPSA) is 102 Å². The first-order chi connectivity index (χ1) is 26.4. The summed E-state index contributed by atoms with van der Waals surface area (Å²) in [6.45, 7) is 5.85. The highest BCUT2D eigenvalue weighted by atomic mass is 16.5. The molecule has 0 atom stereocenters. The van der Waals surface area contributed by atoms with E-state index in [1.54, 1.807) is 36.2 Å². The minimum Gasteiger partial charge on any atom is -0.497 e. The Hall–Kier alpha value is -6.16. The number of amides is 2. The van der Waals surface area contributed by atoms with Crippen molar-refractivity contribution in [2.24, 2.45) is 9.98 Å². The Morgan fingerprint density at radius 1 is 0.519 bits per heavy atom. The Labute approximate surface area is 317 Å². The molecule has 278 valence electrons. The molecule has 0 N–H and O–H groups in total. The fourth-order valence-corrected chi connectivity index (χ4v) is 5.94. The van der Waals surface area contributed by atoms with Gasteiger partial charge in [0, 0.05) is 24.2 Å². The van der Waals surface area contributed by atoms with E-state index < -0.39 is 0 Å². The number of carbonyl (C=O) groups is 2. The molecule has 0 saturated heterocycles. The molecule has 54 heavy (non-hydrogen) atoms. The van der Waals surface area contributed by atoms with Crippen LogP contribution in [0.4, 0.5) is 0 Å². The van der Waals surface area contributed by atoms with Crippen LogP contribution >= 0.6 is 0 Å². The van der Waals surface area contributed by atoms with Crippen LogP contribution in [0.5, 0.6) is 23.0 Å². The maximum atomic E-state index is 14.1. The van der Waals surface area contributed by atoms with Gasteiger partial charge in [0.25, 0.3) is 11.8 Å². The number of aliphatic imine (C=N–C) groups is 2. The molecule has 6 rings (SSSR count). The third-order valence-electron chi connectivity index (χ3n) is 9.04. The number of hydrogen-bond acceptors (Lipinski definition) is 8. The van der Waals surface area contributed by atoms with Gasteiger partial charge < -0.3 is 18.9 Å². The second-order valence-electron chi connectivity index (χ2n) is 12.8. The molecule has 0 spiro atoms. The molecule has 0 aliphatic carbocycles. The maximum absolute atomic E-state index is 14.1. The number of ether oxygens (including phenoxy) is 4. The van der Waals surface area contributed by atoms with E-state index >= 15 is 0 Å². The lowest BCUT2D eigenvalue weighted by Gasteiger charge is -2.24. The molecule has 10 nitrogen and oxygen atoms in total. The number of methoxy groups -OCH3 is 2. The summed E-state index contributed by atoms with van der Waals surface area (Å²) >= 11 is 0. The van der Waals surface area contributed by atoms with E-state index in [0.717, 1.165) is 59.4 Å². The summed E-state index contributed by atoms with van der Waals surface area (Å²) in [6, 6.07) is 30.1. The quantitative estimate of drug-likeness (QED) is 0.0807. The van der Waals surface area contributed by atoms with Crippen LogP contribution in [0.15, 0.2) is 118 Å². The van der Waals surface area contributed by atoms with Crippen molar-refractivity contribution in [3.63, 3.8) is 0 Å². The zero-order chi connectivity index (χ0) is 37.9. The molecule has 4 aromatic rings. The number of carbonyl (C=O) groups excluding carboxylic acids is 2. The molecule has 0 unspecified atom stereocenters. The van der Waals surface area contributed by atoms with Crippen molar-refractivity contribution in [3.8, 4) is 23.0 Å². The van der Waals surface area contributed by atoms with E-state index in [0.29, 0.717) is 47.8 Å². The van der Waals surface area contributed by atoms with Gasteiger partial charge >= 0.3 is 0 Å². The van der Waals surface area contributed by atoms with Gasteiger partial charge in [-0.3, -0.25) is 19.4 Å². The molecule has 10 heteroatoms. The monoisotopic (exact) mass is 726 g/mol. The lowest BCUT2D eigenvalue weighted by atomic mass is 10.1. The minimum atomic E-state index is -0.267. The Balaban J connectivity index is 1.30. The predicted molar refractivity (Wildman–Crippen MR) is 212 cm³/mol. The van der Waals surface area contributed by atoms with Gasteiger partial charge in [0.2, 0.25) is 0 Å². The van der Waals surface area contributed by atoms with Crippen LogP contribution in [-0.2, 0) is 9.59 Å². The average Bonchev–Trinajstić information content (AvgIpc) is 3.68. The Morgan fingerprint density at radius 2 is 0.870 bits per heavy atom. The van der Waals surface area contributed by atoms with Crippen molar-refractivity contribution in [3.05, 3.63) is 131 Å². The first kappa shape index (κ1) is 37.6. The molecule has 2 amide bonds. The number of hydrogen-bond donors (Lipinski definition) is 0. The molecule has 4 aromatic carbocycles. The summed E-state index contributed by atoms with van der Waals surface area (Å²) in [5.41, 5.74) is 3.71. The van der Waals surface area contributed by atoms with Crippen LogP contribution in [0.25, 0.3) is 12.2 Å². The van der Waals surface area contributed by atoms with E-state index in [4.69, 9.17) is 28.9 Å². The highest BCUT2D eigenvalue weighted by Crippen LogP contribution is 2.28. The van der Waals surface area contributed by atoms with Gasteiger partial charge in [-0.05, 0) is 109 Å². The second-order valence-corrected chi connectivity index (χ2v) is 12.8. The molecule has 0 saturated carbocycles. The first-order valence-corrected chi connectivity index (χ1v) is 18.4. The molecular formula is C44H46N4O6. The lowest BCUT2D eigenvalue weighted by molar-refractivity contribution is -0.125. The summed E-state index contributed by atoms with van der Waals surface area (Å²) in [6.07, 6.45) is 7.53. The van der Waals surface area contributed by atoms with Gasteiger partial charge in [-0.1, -0.05) is 51.0 Å². The SMILES string of the molecule is CCCCOc1ccc(C2=NC(=Cc3ccc(OC)cc3)C(=O)N2CCN2C(=O)C(=Cc3ccc(OC)cc3)N=C2c2ccc(OCCCC)cc2)cc1. The number of benzene rings is 4. The van der Waals surface area contributed by atoms with Crippen LogP contribution in [0.2, 0.25) is 0 Å². The van der Waals surface area contributed by atoms with E-state index in [-0.39, 0.29) is 24.9 Å². The molecule has 0 aromatic heterocycles. The predicted octanol–water partition coefficient (Wildman–Crippen LogP) is 8.02. The van der Waals surface area contributed by atoms with Crippen LogP contribution in [0.1, 0.15) is 61.8 Å². The van der Waals surface area contributed by atoms with Gasteiger partial charge in [0.15, 0.2) is 0 Å². The number of amidine groups is 2. The molecular weight excluding hydrogens is 681 g/mol. The number of nitrogens with zero attached hydrogens (tertiary/aromatic N) is 4. The van der Waals surface area contributed by atoms with E-state index in [1.807, 2.05) is 97.1 Å². The Morgan fingerprint density at radius 3 is 1.20 bits per heavy atom. The van der Waals surface area contributed by atoms with Crippen LogP contribution in [0, 0.1) is 0 Å². The molecule has 2 heterocycles. The van der Waals surface area contributed by atoms with Crippen LogP contribution in [-0.4, -0.2) is 73.8 Å². The number of unbranched alkanes of at least 4 members (excludes halogenated alkanes) is 2. The van der Waals surface area contributed by atoms with Crippen molar-refractivity contribution in [2.75, 3.05) is 40.5 Å². The van der Waals surface area contributed by atoms with Crippen molar-refractivity contribution < 1.29 is 28.5 Å². The highest BCUT2D eigenvalue weighted by molar-refractivity contribution is 6.21. The summed E-state index contributed by atoms with van der Waals surface area (Å²) in [5, 5.41) is 0. The summed E-state index contributed by atoms with van der Waals surface area (Å²) in [4.78, 5) is 41.2. The largest absolute Gasteiger partial charge is 0.497 e. The standard InChI is InChI=1S/C44H46N4O6/c1-5-7-27-53-37-21-13-33(14-22-37)41-45-39(29-31-9-17-35(51-3)18-10-31)43(49)47(41)25-26-48-42(34-15-23-38(24-16-34)54-28-8-6-2)46-40(44(48)50)30-32-11-19-36(52-4)20-12-32/h9-24,29-30H,5-8,25-28H2,1-4H3. The molecule has 2 aliphatic rings. The van der Waals surface area contributed by atoms with Gasteiger partial charge in [-0.25, -0.2) is 9.98 Å². The summed E-state index contributed by atoms with van der Waals surface area (Å²) in [5.74, 6) is 3.38. The Bertz CT molecular complexity index is 1880. The van der Waals surface area contributed by atoms with Gasteiger partial charge in [-0.2, -0.15) is 0 Å². The Kier molecular flexibility index (Phi) is 12.6. The van der Waals surface area contributed by atoms with Crippen LogP contribution in [0.3, 0.4) is 0 Å². The average molecular weight is 727 g/mol. The van der Waals surface area contributed by atoms with E-state index in [9.17, 15) is 9.59 Å². The van der Waals surface area contributed by atoms with E-state index in [2.05, 4.69) is 13.8 Å². The summed E-state index contributed by atoms with van der Waals surface area (Å²) < 4.78 is 22.4. The van der Waals surface area contributed by atoms with Gasteiger partial charge in [0.05, 0.1) is 27.4 Å². The lowest BCUT2D eigenvalue weighted by Crippen LogP contribution is -2.42. The normalized spacial score (nSPS) is 15.6. The molecule has 0 radical (unpaired) electrons. The highest BCUT2D eigenvalue weighted by Gasteiger charge is 2.35. The van der Waals surface area contributed by atoms with Gasteiger partial charge in [0.1, 0.15) is 46.1 Å². The third-order valence-corrected chi connectivity index (χ3v) is 9.04. The molecule has 2 aliphatic heterocycles. The zero-order valence-electron chi connectivity index (χ0n) is 31.3. The number of rotatable bonds is 17. The maximum Gasteiger partial charge on any atom is 0.278 e. The fraction of sp³-hybridized carbons (Fsp3) is 0.273. The van der Waals surface area contributed by atoms with Crippen LogP contribution < -0.4 is 18.9 Å². The molecule has 0 fully saturated rings. The minimum absolute atomic E-state index is 0.172. The second kappa shape index (κ2) is 18.1. The van der Waals surface area contributed by atoms with E-state index in [1.165, 1.54) is 0 Å². The summed E-state index contributed by atoms with van der Waals surface area (Å²) in [7, 11) is 3.22.